The molecule has 0 fully saturated rings. The van der Waals surface area contributed by atoms with Gasteiger partial charge in [-0.15, -0.1) is 0 Å². The highest BCUT2D eigenvalue weighted by Crippen LogP contribution is 2.31. The second kappa shape index (κ2) is 15.7. The van der Waals surface area contributed by atoms with Gasteiger partial charge in [-0.1, -0.05) is 37.3 Å². The molecule has 0 saturated carbocycles. The quantitative estimate of drug-likeness (QED) is 0.281. The molecule has 0 aromatic heterocycles. The molecular weight excluding hydrogens is 556 g/mol. The largest absolute Gasteiger partial charge is 0.488 e. The number of aliphatic hydroxyl groups is 1. The number of anilines is 1. The lowest BCUT2D eigenvalue weighted by Gasteiger charge is -2.38. The summed E-state index contributed by atoms with van der Waals surface area (Å²) in [5.41, 5.74) is 2.07. The molecule has 0 aliphatic carbocycles. The van der Waals surface area contributed by atoms with Crippen LogP contribution in [0.15, 0.2) is 72.8 Å². The van der Waals surface area contributed by atoms with E-state index in [1.54, 1.807) is 23.1 Å². The van der Waals surface area contributed by atoms with Gasteiger partial charge in [0, 0.05) is 37.7 Å². The number of hydrogen-bond donors (Lipinski definition) is 2. The van der Waals surface area contributed by atoms with Gasteiger partial charge in [-0.25, -0.2) is 0 Å². The molecule has 1 aliphatic rings. The summed E-state index contributed by atoms with van der Waals surface area (Å²) in [7, 11) is 6.00. The van der Waals surface area contributed by atoms with Gasteiger partial charge in [0.15, 0.2) is 0 Å². The number of rotatable bonds is 13. The Balaban J connectivity index is 1.46. The van der Waals surface area contributed by atoms with E-state index in [0.717, 1.165) is 30.0 Å². The summed E-state index contributed by atoms with van der Waals surface area (Å²) >= 11 is 0. The predicted molar refractivity (Wildman–Crippen MR) is 173 cm³/mol. The summed E-state index contributed by atoms with van der Waals surface area (Å²) in [6, 6.07) is 22.6. The molecule has 4 rings (SSSR count). The second-order valence-corrected chi connectivity index (χ2v) is 12.0. The highest BCUT2D eigenvalue weighted by molar-refractivity contribution is 5.99. The molecule has 44 heavy (non-hydrogen) atoms. The summed E-state index contributed by atoms with van der Waals surface area (Å²) in [5.74, 6) is 1.74. The SMILES string of the molecule is C[C@@H]1CN([C@H](C)CO)C(=O)c2cc(NC(=O)CCCN(C)C)ccc2O[C@H]1CN(C)Cc1ccc(Oc2ccccc2)cc1. The van der Waals surface area contributed by atoms with Crippen LogP contribution in [0.1, 0.15) is 42.6 Å². The van der Waals surface area contributed by atoms with Gasteiger partial charge >= 0.3 is 0 Å². The van der Waals surface area contributed by atoms with Crippen LogP contribution in [-0.4, -0.2) is 91.2 Å². The molecule has 0 saturated heterocycles. The first-order valence-electron chi connectivity index (χ1n) is 15.3. The lowest BCUT2D eigenvalue weighted by atomic mass is 9.99. The third kappa shape index (κ3) is 9.29. The molecule has 0 spiro atoms. The average molecular weight is 603 g/mol. The van der Waals surface area contributed by atoms with Crippen molar-refractivity contribution >= 4 is 17.5 Å². The average Bonchev–Trinajstić information content (AvgIpc) is 3.00. The van der Waals surface area contributed by atoms with Crippen LogP contribution in [0.2, 0.25) is 0 Å². The van der Waals surface area contributed by atoms with Gasteiger partial charge in [-0.05, 0) is 89.1 Å². The minimum atomic E-state index is -0.366. The third-order valence-corrected chi connectivity index (χ3v) is 7.80. The predicted octanol–water partition coefficient (Wildman–Crippen LogP) is 5.11. The molecule has 9 nitrogen and oxygen atoms in total. The molecule has 2 amide bonds. The Bertz CT molecular complexity index is 1370. The third-order valence-electron chi connectivity index (χ3n) is 7.80. The van der Waals surface area contributed by atoms with Crippen LogP contribution in [-0.2, 0) is 11.3 Å². The number of likely N-dealkylation sites (N-methyl/N-ethyl adjacent to an activating group) is 1. The van der Waals surface area contributed by atoms with E-state index in [9.17, 15) is 14.7 Å². The Labute approximate surface area is 261 Å². The number of ether oxygens (including phenoxy) is 2. The Hall–Kier alpha value is -3.92. The van der Waals surface area contributed by atoms with Crippen molar-refractivity contribution in [1.29, 1.82) is 0 Å². The van der Waals surface area contributed by atoms with Crippen molar-refractivity contribution in [2.75, 3.05) is 52.7 Å². The van der Waals surface area contributed by atoms with E-state index in [-0.39, 0.29) is 36.5 Å². The maximum absolute atomic E-state index is 13.7. The van der Waals surface area contributed by atoms with Crippen molar-refractivity contribution in [3.63, 3.8) is 0 Å². The van der Waals surface area contributed by atoms with Crippen LogP contribution >= 0.6 is 0 Å². The van der Waals surface area contributed by atoms with Crippen LogP contribution in [0.4, 0.5) is 5.69 Å². The highest BCUT2D eigenvalue weighted by Gasteiger charge is 2.33. The standard InChI is InChI=1S/C35H46N4O5/c1-25-21-39(26(2)24-40)35(42)31-20-28(36-34(41)12-9-19-37(3)4)15-18-32(31)44-33(25)23-38(5)22-27-13-16-30(17-14-27)43-29-10-7-6-8-11-29/h6-8,10-11,13-18,20,25-26,33,40H,9,12,19,21-24H2,1-5H3,(H,36,41)/t25-,26-,33+/m1/s1. The first-order valence-corrected chi connectivity index (χ1v) is 15.3. The van der Waals surface area contributed by atoms with Crippen molar-refractivity contribution in [2.24, 2.45) is 5.92 Å². The maximum Gasteiger partial charge on any atom is 0.258 e. The molecule has 3 atom stereocenters. The van der Waals surface area contributed by atoms with Crippen LogP contribution in [0.3, 0.4) is 0 Å². The van der Waals surface area contributed by atoms with E-state index in [4.69, 9.17) is 9.47 Å². The number of carbonyl (C=O) groups is 2. The Morgan fingerprint density at radius 3 is 2.45 bits per heavy atom. The lowest BCUT2D eigenvalue weighted by Crippen LogP contribution is -2.49. The fourth-order valence-corrected chi connectivity index (χ4v) is 5.27. The van der Waals surface area contributed by atoms with Gasteiger partial charge in [0.05, 0.1) is 18.2 Å². The topological polar surface area (TPSA) is 94.6 Å². The fraction of sp³-hybridized carbons (Fsp3) is 0.429. The molecule has 2 N–H and O–H groups in total. The number of para-hydroxylation sites is 1. The highest BCUT2D eigenvalue weighted by atomic mass is 16.5. The number of aliphatic hydroxyl groups excluding tert-OH is 1. The summed E-state index contributed by atoms with van der Waals surface area (Å²) in [4.78, 5) is 32.2. The minimum absolute atomic E-state index is 0.00118. The number of carbonyl (C=O) groups excluding carboxylic acids is 2. The van der Waals surface area contributed by atoms with Crippen LogP contribution in [0.25, 0.3) is 0 Å². The Morgan fingerprint density at radius 1 is 1.07 bits per heavy atom. The number of nitrogens with zero attached hydrogens (tertiary/aromatic N) is 3. The van der Waals surface area contributed by atoms with Crippen molar-refractivity contribution in [3.8, 4) is 17.2 Å². The van der Waals surface area contributed by atoms with Crippen molar-refractivity contribution < 1.29 is 24.2 Å². The molecular formula is C35H46N4O5. The second-order valence-electron chi connectivity index (χ2n) is 12.0. The lowest BCUT2D eigenvalue weighted by molar-refractivity contribution is -0.116. The Morgan fingerprint density at radius 2 is 1.77 bits per heavy atom. The molecule has 3 aromatic carbocycles. The van der Waals surface area contributed by atoms with Gasteiger partial charge in [0.25, 0.3) is 5.91 Å². The summed E-state index contributed by atoms with van der Waals surface area (Å²) in [6.45, 7) is 6.36. The van der Waals surface area contributed by atoms with Crippen molar-refractivity contribution in [3.05, 3.63) is 83.9 Å². The van der Waals surface area contributed by atoms with E-state index in [1.165, 1.54) is 0 Å². The van der Waals surface area contributed by atoms with Crippen LogP contribution < -0.4 is 14.8 Å². The molecule has 236 valence electrons. The molecule has 3 aromatic rings. The van der Waals surface area contributed by atoms with Crippen LogP contribution in [0.5, 0.6) is 17.2 Å². The number of fused-ring (bicyclic) bond motifs is 1. The zero-order chi connectivity index (χ0) is 31.6. The zero-order valence-corrected chi connectivity index (χ0v) is 26.5. The molecule has 1 aliphatic heterocycles. The summed E-state index contributed by atoms with van der Waals surface area (Å²) in [6.07, 6.45) is 0.918. The minimum Gasteiger partial charge on any atom is -0.488 e. The smallest absolute Gasteiger partial charge is 0.258 e. The van der Waals surface area contributed by atoms with Crippen molar-refractivity contribution in [1.82, 2.24) is 14.7 Å². The maximum atomic E-state index is 13.7. The molecule has 1 heterocycles. The number of amides is 2. The van der Waals surface area contributed by atoms with Gasteiger partial charge in [0.2, 0.25) is 5.91 Å². The first kappa shape index (κ1) is 33.0. The number of benzene rings is 3. The molecule has 0 unspecified atom stereocenters. The van der Waals surface area contributed by atoms with Gasteiger partial charge in [-0.2, -0.15) is 0 Å². The normalized spacial score (nSPS) is 17.5. The van der Waals surface area contributed by atoms with E-state index in [0.29, 0.717) is 43.1 Å². The fourth-order valence-electron chi connectivity index (χ4n) is 5.27. The molecule has 0 bridgehead atoms. The monoisotopic (exact) mass is 602 g/mol. The molecule has 0 radical (unpaired) electrons. The van der Waals surface area contributed by atoms with E-state index < -0.39 is 0 Å². The van der Waals surface area contributed by atoms with E-state index >= 15 is 0 Å². The van der Waals surface area contributed by atoms with E-state index in [1.807, 2.05) is 68.4 Å². The van der Waals surface area contributed by atoms with E-state index in [2.05, 4.69) is 36.3 Å². The summed E-state index contributed by atoms with van der Waals surface area (Å²) < 4.78 is 12.5. The Kier molecular flexibility index (Phi) is 11.8. The zero-order valence-electron chi connectivity index (χ0n) is 26.5. The van der Waals surface area contributed by atoms with Gasteiger partial charge < -0.3 is 29.7 Å². The van der Waals surface area contributed by atoms with Crippen LogP contribution in [0, 0.1) is 5.92 Å². The number of nitrogens with one attached hydrogen (secondary N) is 1. The molecule has 9 heteroatoms. The van der Waals surface area contributed by atoms with Gasteiger partial charge in [-0.3, -0.25) is 14.5 Å². The van der Waals surface area contributed by atoms with Gasteiger partial charge in [0.1, 0.15) is 23.4 Å². The summed E-state index contributed by atoms with van der Waals surface area (Å²) in [5, 5.41) is 12.9. The first-order chi connectivity index (χ1) is 21.1. The number of hydrogen-bond acceptors (Lipinski definition) is 7. The van der Waals surface area contributed by atoms with Crippen molar-refractivity contribution in [2.45, 2.75) is 45.4 Å².